The van der Waals surface area contributed by atoms with Crippen molar-refractivity contribution in [2.45, 2.75) is 26.4 Å². The SMILES string of the molecule is CCC(N)n1cc(C)nc1Oc1ccccc1. The van der Waals surface area contributed by atoms with E-state index >= 15 is 0 Å². The standard InChI is InChI=1S/C13H17N3O/c1-3-12(14)16-9-10(2)15-13(16)17-11-7-5-4-6-8-11/h4-9,12H,3,14H2,1-2H3. The molecule has 17 heavy (non-hydrogen) atoms. The summed E-state index contributed by atoms with van der Waals surface area (Å²) in [5.41, 5.74) is 6.91. The van der Waals surface area contributed by atoms with Crippen molar-refractivity contribution in [1.82, 2.24) is 9.55 Å². The average molecular weight is 231 g/mol. The Hall–Kier alpha value is -1.81. The third-order valence-corrected chi connectivity index (χ3v) is 2.55. The van der Waals surface area contributed by atoms with Crippen LogP contribution in [0.2, 0.25) is 0 Å². The molecule has 0 aliphatic carbocycles. The second kappa shape index (κ2) is 5.01. The number of aromatic nitrogens is 2. The number of rotatable bonds is 4. The molecule has 1 atom stereocenters. The fourth-order valence-electron chi connectivity index (χ4n) is 1.60. The molecule has 2 aromatic rings. The van der Waals surface area contributed by atoms with E-state index in [1.807, 2.05) is 54.9 Å². The lowest BCUT2D eigenvalue weighted by atomic mass is 10.3. The van der Waals surface area contributed by atoms with E-state index in [0.717, 1.165) is 17.9 Å². The Morgan fingerprint density at radius 3 is 2.71 bits per heavy atom. The molecule has 0 bridgehead atoms. The van der Waals surface area contributed by atoms with E-state index in [-0.39, 0.29) is 6.17 Å². The van der Waals surface area contributed by atoms with E-state index in [0.29, 0.717) is 6.01 Å². The molecule has 0 radical (unpaired) electrons. The molecule has 4 heteroatoms. The zero-order chi connectivity index (χ0) is 12.3. The summed E-state index contributed by atoms with van der Waals surface area (Å²) in [6, 6.07) is 10.1. The first-order chi connectivity index (χ1) is 8.20. The van der Waals surface area contributed by atoms with Crippen LogP contribution >= 0.6 is 0 Å². The number of imidazole rings is 1. The summed E-state index contributed by atoms with van der Waals surface area (Å²) in [7, 11) is 0. The Morgan fingerprint density at radius 1 is 1.35 bits per heavy atom. The Bertz CT molecular complexity index is 479. The summed E-state index contributed by atoms with van der Waals surface area (Å²) >= 11 is 0. The van der Waals surface area contributed by atoms with Crippen molar-refractivity contribution in [3.05, 3.63) is 42.2 Å². The van der Waals surface area contributed by atoms with Crippen LogP contribution in [0.25, 0.3) is 0 Å². The first-order valence-corrected chi connectivity index (χ1v) is 5.74. The highest BCUT2D eigenvalue weighted by Crippen LogP contribution is 2.23. The molecule has 0 aliphatic heterocycles. The molecule has 1 aromatic heterocycles. The number of hydrogen-bond donors (Lipinski definition) is 1. The first kappa shape index (κ1) is 11.7. The van der Waals surface area contributed by atoms with E-state index in [2.05, 4.69) is 4.98 Å². The summed E-state index contributed by atoms with van der Waals surface area (Å²) in [5.74, 6) is 0.766. The van der Waals surface area contributed by atoms with E-state index in [1.54, 1.807) is 0 Å². The highest BCUT2D eigenvalue weighted by molar-refractivity contribution is 5.25. The first-order valence-electron chi connectivity index (χ1n) is 5.74. The fraction of sp³-hybridized carbons (Fsp3) is 0.308. The van der Waals surface area contributed by atoms with Crippen molar-refractivity contribution in [2.75, 3.05) is 0 Å². The Kier molecular flexibility index (Phi) is 3.44. The van der Waals surface area contributed by atoms with Crippen LogP contribution in [0, 0.1) is 6.92 Å². The van der Waals surface area contributed by atoms with E-state index in [9.17, 15) is 0 Å². The second-order valence-electron chi connectivity index (χ2n) is 3.96. The Balaban J connectivity index is 2.26. The van der Waals surface area contributed by atoms with Crippen molar-refractivity contribution in [3.8, 4) is 11.8 Å². The third-order valence-electron chi connectivity index (χ3n) is 2.55. The summed E-state index contributed by atoms with van der Waals surface area (Å²) in [5, 5.41) is 0. The smallest absolute Gasteiger partial charge is 0.303 e. The van der Waals surface area contributed by atoms with Crippen molar-refractivity contribution in [2.24, 2.45) is 5.73 Å². The minimum absolute atomic E-state index is 0.102. The van der Waals surface area contributed by atoms with Gasteiger partial charge in [0.25, 0.3) is 0 Å². The van der Waals surface area contributed by atoms with Gasteiger partial charge in [0.2, 0.25) is 0 Å². The van der Waals surface area contributed by atoms with Gasteiger partial charge >= 0.3 is 6.01 Å². The van der Waals surface area contributed by atoms with E-state index in [4.69, 9.17) is 10.5 Å². The number of aryl methyl sites for hydroxylation is 1. The zero-order valence-electron chi connectivity index (χ0n) is 10.1. The normalized spacial score (nSPS) is 12.4. The van der Waals surface area contributed by atoms with Crippen LogP contribution in [-0.4, -0.2) is 9.55 Å². The molecule has 0 aliphatic rings. The molecule has 0 spiro atoms. The number of para-hydroxylation sites is 1. The number of hydrogen-bond acceptors (Lipinski definition) is 3. The van der Waals surface area contributed by atoms with Crippen LogP contribution in [-0.2, 0) is 0 Å². The maximum atomic E-state index is 6.01. The number of ether oxygens (including phenoxy) is 1. The quantitative estimate of drug-likeness (QED) is 0.880. The molecule has 1 aromatic carbocycles. The monoisotopic (exact) mass is 231 g/mol. The second-order valence-corrected chi connectivity index (χ2v) is 3.96. The van der Waals surface area contributed by atoms with Gasteiger partial charge in [-0.1, -0.05) is 25.1 Å². The molecular weight excluding hydrogens is 214 g/mol. The topological polar surface area (TPSA) is 53.1 Å². The lowest BCUT2D eigenvalue weighted by Crippen LogP contribution is -2.17. The molecule has 0 amide bonds. The highest BCUT2D eigenvalue weighted by atomic mass is 16.5. The van der Waals surface area contributed by atoms with Crippen LogP contribution < -0.4 is 10.5 Å². The van der Waals surface area contributed by atoms with E-state index < -0.39 is 0 Å². The van der Waals surface area contributed by atoms with Gasteiger partial charge in [-0.15, -0.1) is 0 Å². The van der Waals surface area contributed by atoms with Gasteiger partial charge in [0.15, 0.2) is 0 Å². The van der Waals surface area contributed by atoms with Gasteiger partial charge in [-0.2, -0.15) is 0 Å². The van der Waals surface area contributed by atoms with Crippen LogP contribution in [0.1, 0.15) is 25.2 Å². The molecule has 2 rings (SSSR count). The average Bonchev–Trinajstić information content (AvgIpc) is 2.70. The van der Waals surface area contributed by atoms with Crippen molar-refractivity contribution in [1.29, 1.82) is 0 Å². The molecule has 1 unspecified atom stereocenters. The molecule has 90 valence electrons. The molecule has 2 N–H and O–H groups in total. The van der Waals surface area contributed by atoms with Gasteiger partial charge in [-0.25, -0.2) is 4.98 Å². The molecule has 0 saturated carbocycles. The lowest BCUT2D eigenvalue weighted by Gasteiger charge is -2.13. The van der Waals surface area contributed by atoms with Gasteiger partial charge in [-0.05, 0) is 25.5 Å². The van der Waals surface area contributed by atoms with Gasteiger partial charge in [0.1, 0.15) is 5.75 Å². The number of nitrogens with zero attached hydrogens (tertiary/aromatic N) is 2. The van der Waals surface area contributed by atoms with Crippen LogP contribution in [0.4, 0.5) is 0 Å². The Labute approximate surface area is 101 Å². The van der Waals surface area contributed by atoms with Gasteiger partial charge in [-0.3, -0.25) is 4.57 Å². The summed E-state index contributed by atoms with van der Waals surface area (Å²) in [6.45, 7) is 3.96. The zero-order valence-corrected chi connectivity index (χ0v) is 10.1. The summed E-state index contributed by atoms with van der Waals surface area (Å²) in [4.78, 5) is 4.34. The molecule has 4 nitrogen and oxygen atoms in total. The van der Waals surface area contributed by atoms with Crippen LogP contribution in [0.5, 0.6) is 11.8 Å². The summed E-state index contributed by atoms with van der Waals surface area (Å²) in [6.07, 6.45) is 2.64. The number of benzene rings is 1. The van der Waals surface area contributed by atoms with Gasteiger partial charge < -0.3 is 10.5 Å². The molecule has 0 fully saturated rings. The van der Waals surface area contributed by atoms with Crippen LogP contribution in [0.3, 0.4) is 0 Å². The minimum Gasteiger partial charge on any atom is -0.425 e. The molecule has 0 saturated heterocycles. The Morgan fingerprint density at radius 2 is 2.06 bits per heavy atom. The third kappa shape index (κ3) is 2.65. The van der Waals surface area contributed by atoms with Crippen LogP contribution in [0.15, 0.2) is 36.5 Å². The maximum absolute atomic E-state index is 6.01. The molecular formula is C13H17N3O. The summed E-state index contributed by atoms with van der Waals surface area (Å²) < 4.78 is 7.59. The maximum Gasteiger partial charge on any atom is 0.303 e. The lowest BCUT2D eigenvalue weighted by molar-refractivity contribution is 0.376. The highest BCUT2D eigenvalue weighted by Gasteiger charge is 2.12. The molecule has 1 heterocycles. The van der Waals surface area contributed by atoms with Crippen molar-refractivity contribution >= 4 is 0 Å². The van der Waals surface area contributed by atoms with Gasteiger partial charge in [0.05, 0.1) is 11.9 Å². The van der Waals surface area contributed by atoms with Crippen molar-refractivity contribution in [3.63, 3.8) is 0 Å². The number of nitrogens with two attached hydrogens (primary N) is 1. The van der Waals surface area contributed by atoms with Crippen molar-refractivity contribution < 1.29 is 4.74 Å². The predicted octanol–water partition coefficient (Wildman–Crippen LogP) is 2.85. The fourth-order valence-corrected chi connectivity index (χ4v) is 1.60. The van der Waals surface area contributed by atoms with Gasteiger partial charge in [0, 0.05) is 6.20 Å². The predicted molar refractivity (Wildman–Crippen MR) is 67.0 cm³/mol. The van der Waals surface area contributed by atoms with E-state index in [1.165, 1.54) is 0 Å². The largest absolute Gasteiger partial charge is 0.425 e. The minimum atomic E-state index is -0.102.